The van der Waals surface area contributed by atoms with E-state index in [-0.39, 0.29) is 113 Å². The molecule has 1 aliphatic heterocycles. The van der Waals surface area contributed by atoms with E-state index in [0.29, 0.717) is 5.56 Å². The van der Waals surface area contributed by atoms with Gasteiger partial charge in [0.25, 0.3) is 0 Å². The third-order valence-electron chi connectivity index (χ3n) is 13.3. The summed E-state index contributed by atoms with van der Waals surface area (Å²) in [6.07, 6.45) is -1.94. The van der Waals surface area contributed by atoms with E-state index in [4.69, 9.17) is 40.1 Å². The molecule has 1 unspecified atom stereocenters. The van der Waals surface area contributed by atoms with Crippen LogP contribution in [0.4, 0.5) is 0 Å². The number of nitrogens with one attached hydrogen (secondary N) is 11. The molecule has 1 fully saturated rings. The van der Waals surface area contributed by atoms with Crippen LogP contribution in [0.1, 0.15) is 84.1 Å². The van der Waals surface area contributed by atoms with Crippen molar-refractivity contribution in [1.82, 2.24) is 58.5 Å². The van der Waals surface area contributed by atoms with Crippen molar-refractivity contribution in [2.24, 2.45) is 61.0 Å². The average Bonchev–Trinajstić information content (AvgIpc) is 1.23. The predicted octanol–water partition coefficient (Wildman–Crippen LogP) is -8.28. The largest absolute Gasteiger partial charge is 0.481 e. The number of carboxylic acid groups (broad SMARTS) is 2. The first-order valence-corrected chi connectivity index (χ1v) is 32.0. The maximum atomic E-state index is 14.2. The van der Waals surface area contributed by atoms with Gasteiger partial charge in [0, 0.05) is 37.6 Å². The van der Waals surface area contributed by atoms with Crippen molar-refractivity contribution in [2.75, 3.05) is 50.8 Å². The number of hydrogen-bond donors (Lipinski definition) is 21. The number of aliphatic carboxylic acids is 2. The van der Waals surface area contributed by atoms with Crippen LogP contribution in [-0.2, 0) is 68.7 Å². The van der Waals surface area contributed by atoms with Crippen molar-refractivity contribution < 1.29 is 77.6 Å². The smallest absolute Gasteiger partial charge is 0.327 e. The Morgan fingerprint density at radius 2 is 0.914 bits per heavy atom. The molecule has 93 heavy (non-hydrogen) atoms. The number of nitrogens with two attached hydrogens (primary N) is 7. The minimum absolute atomic E-state index is 0.0244. The molecule has 0 saturated carbocycles. The van der Waals surface area contributed by atoms with Gasteiger partial charge in [-0.3, -0.25) is 72.5 Å². The number of aliphatic hydroxyl groups is 1. The van der Waals surface area contributed by atoms with Gasteiger partial charge in [0.2, 0.25) is 65.0 Å². The van der Waals surface area contributed by atoms with Gasteiger partial charge in [-0.05, 0) is 62.8 Å². The predicted molar refractivity (Wildman–Crippen MR) is 343 cm³/mol. The van der Waals surface area contributed by atoms with E-state index >= 15 is 0 Å². The maximum Gasteiger partial charge on any atom is 0.327 e. The summed E-state index contributed by atoms with van der Waals surface area (Å²) in [5.74, 6) is -15.9. The molecule has 0 radical (unpaired) electrons. The summed E-state index contributed by atoms with van der Waals surface area (Å²) in [7, 11) is 1.82. The van der Waals surface area contributed by atoms with Crippen LogP contribution in [0.3, 0.4) is 0 Å². The fourth-order valence-electron chi connectivity index (χ4n) is 8.48. The lowest BCUT2D eigenvalue weighted by Crippen LogP contribution is -2.61. The quantitative estimate of drug-likeness (QED) is 0.0235. The molecule has 37 nitrogen and oxygen atoms in total. The van der Waals surface area contributed by atoms with E-state index in [2.05, 4.69) is 73.5 Å². The summed E-state index contributed by atoms with van der Waals surface area (Å²) in [5.41, 5.74) is 39.5. The van der Waals surface area contributed by atoms with E-state index in [1.165, 1.54) is 6.92 Å². The van der Waals surface area contributed by atoms with Crippen molar-refractivity contribution >= 4 is 116 Å². The number of carbonyl (C=O) groups is 13. The molecule has 11 amide bonds. The highest BCUT2D eigenvalue weighted by Crippen LogP contribution is 2.23. The zero-order valence-electron chi connectivity index (χ0n) is 51.8. The van der Waals surface area contributed by atoms with E-state index in [1.807, 2.05) is 0 Å². The molecule has 1 aromatic carbocycles. The lowest BCUT2D eigenvalue weighted by molar-refractivity contribution is -0.142. The Kier molecular flexibility index (Phi) is 36.7. The number of amides is 11. The van der Waals surface area contributed by atoms with Crippen LogP contribution in [-0.4, -0.2) is 221 Å². The van der Waals surface area contributed by atoms with Gasteiger partial charge in [-0.15, -0.1) is 0 Å². The Morgan fingerprint density at radius 3 is 1.41 bits per heavy atom. The summed E-state index contributed by atoms with van der Waals surface area (Å²) >= 11 is 0. The third kappa shape index (κ3) is 32.6. The number of guanidine groups is 3. The van der Waals surface area contributed by atoms with Gasteiger partial charge in [-0.2, -0.15) is 0 Å². The Balaban J connectivity index is 2.71. The number of nitrogens with zero attached hydrogens (tertiary/aromatic N) is 3. The first-order valence-electron chi connectivity index (χ1n) is 29.5. The number of hydrogen-bond acceptors (Lipinski definition) is 20. The number of carboxylic acids is 2. The Morgan fingerprint density at radius 1 is 0.516 bits per heavy atom. The van der Waals surface area contributed by atoms with Gasteiger partial charge < -0.3 is 114 Å². The summed E-state index contributed by atoms with van der Waals surface area (Å²) in [6.45, 7) is 2.04. The number of rotatable bonds is 21. The molecule has 10 atom stereocenters. The molecule has 0 spiro atoms. The van der Waals surface area contributed by atoms with E-state index in [0.717, 1.165) is 21.6 Å². The van der Waals surface area contributed by atoms with Crippen molar-refractivity contribution in [3.63, 3.8) is 0 Å². The molecular formula is C54H89N21O16S2. The van der Waals surface area contributed by atoms with Crippen molar-refractivity contribution in [3.05, 3.63) is 35.9 Å². The molecule has 39 heteroatoms. The molecular weight excluding hydrogens is 1260 g/mol. The molecule has 0 aliphatic carbocycles. The van der Waals surface area contributed by atoms with E-state index < -0.39 is 163 Å². The average molecular weight is 1350 g/mol. The number of aliphatic imine (C=N–C) groups is 3. The Bertz CT molecular complexity index is 2810. The first kappa shape index (κ1) is 79.9. The molecule has 518 valence electrons. The Labute approximate surface area is 543 Å². The highest BCUT2D eigenvalue weighted by molar-refractivity contribution is 8.76. The minimum atomic E-state index is -1.90. The highest BCUT2D eigenvalue weighted by atomic mass is 33.1. The van der Waals surface area contributed by atoms with Gasteiger partial charge in [-0.25, -0.2) is 4.79 Å². The minimum Gasteiger partial charge on any atom is -0.481 e. The lowest BCUT2D eigenvalue weighted by atomic mass is 10.0. The molecule has 1 heterocycles. The second kappa shape index (κ2) is 42.7. The van der Waals surface area contributed by atoms with Crippen molar-refractivity contribution in [1.29, 1.82) is 0 Å². The SMILES string of the molecule is CC[C@@H]1NC(=O)[C@H](CO)NC(=O)[C@H](CC(C)C)NC(=O)[C@H](CC(=O)O)NC(=O)[C@H](Cc2ccccc2)NC(=O)CNC(=O)[C@@H](N)CSSCC(C(=O)O)NC(=O)[C@H](CCCN=C(N)N)NC(=O)CNC(=O)[C@H](CCCN=C(N)N)NC(=O)[C@H](CCCN=C(N)N)NC1=O. The summed E-state index contributed by atoms with van der Waals surface area (Å²) in [4.78, 5) is 188. The normalized spacial score (nSPS) is 23.9. The summed E-state index contributed by atoms with van der Waals surface area (Å²) in [5, 5.41) is 56.9. The van der Waals surface area contributed by atoms with Crippen LogP contribution < -0.4 is 98.6 Å². The molecule has 2 rings (SSSR count). The van der Waals surface area contributed by atoms with Crippen molar-refractivity contribution in [2.45, 2.75) is 145 Å². The summed E-state index contributed by atoms with van der Waals surface area (Å²) in [6, 6.07) is -7.45. The molecule has 1 aromatic rings. The first-order chi connectivity index (χ1) is 43.9. The highest BCUT2D eigenvalue weighted by Gasteiger charge is 2.36. The second-order valence-corrected chi connectivity index (χ2v) is 24.0. The molecule has 1 saturated heterocycles. The van der Waals surface area contributed by atoms with Crippen molar-refractivity contribution in [3.8, 4) is 0 Å². The molecule has 0 bridgehead atoms. The lowest BCUT2D eigenvalue weighted by Gasteiger charge is -2.27. The van der Waals surface area contributed by atoms with Gasteiger partial charge in [0.15, 0.2) is 17.9 Å². The van der Waals surface area contributed by atoms with Crippen LogP contribution in [0.2, 0.25) is 0 Å². The van der Waals surface area contributed by atoms with Gasteiger partial charge >= 0.3 is 11.9 Å². The van der Waals surface area contributed by atoms with E-state index in [9.17, 15) is 77.6 Å². The monoisotopic (exact) mass is 1350 g/mol. The summed E-state index contributed by atoms with van der Waals surface area (Å²) < 4.78 is 0. The van der Waals surface area contributed by atoms with Crippen LogP contribution in [0.25, 0.3) is 0 Å². The standard InChI is InChI=1S/C54H89N21O16S2/c1-4-30-44(83)71-33(15-10-18-64-54(60)61)46(85)70-31(13-8-16-62-52(56)57)43(82)66-23-39(77)67-32(14-9-17-63-53(58)59)45(84)75-38(51(90)91)26-93-92-25-29(55)42(81)65-22-40(78)68-35(20-28-11-6-5-7-12-28)48(87)73-36(21-41(79)80)49(88)72-34(19-27(2)3)47(86)74-37(24-76)50(89)69-30/h5-7,11-12,27,29-38,76H,4,8-10,13-26,55H2,1-3H3,(H,65,81)(H,66,82)(H,67,77)(H,68,78)(H,69,89)(H,70,85)(H,71,83)(H,72,88)(H,73,87)(H,74,86)(H,75,84)(H,79,80)(H,90,91)(H4,56,57,62)(H4,58,59,63)(H4,60,61,64)/t29-,30-,31-,32-,33-,34-,35-,36-,37-,38?/m0/s1. The van der Waals surface area contributed by atoms with Gasteiger partial charge in [-0.1, -0.05) is 72.7 Å². The zero-order chi connectivity index (χ0) is 69.7. The molecule has 0 aromatic heterocycles. The number of benzene rings is 1. The fraction of sp³-hybridized carbons (Fsp3) is 0.593. The maximum absolute atomic E-state index is 14.2. The van der Waals surface area contributed by atoms with E-state index in [1.54, 1.807) is 44.2 Å². The molecule has 28 N–H and O–H groups in total. The van der Waals surface area contributed by atoms with Gasteiger partial charge in [0.1, 0.15) is 54.4 Å². The second-order valence-electron chi connectivity index (χ2n) is 21.5. The third-order valence-corrected chi connectivity index (χ3v) is 15.7. The fourth-order valence-corrected chi connectivity index (χ4v) is 10.8. The number of aliphatic hydroxyl groups excluding tert-OH is 1. The van der Waals surface area contributed by atoms with Crippen LogP contribution >= 0.6 is 21.6 Å². The molecule has 1 aliphatic rings. The van der Waals surface area contributed by atoms with Gasteiger partial charge in [0.05, 0.1) is 32.2 Å². The number of carbonyl (C=O) groups excluding carboxylic acids is 11. The topological polar surface area (TPSA) is 634 Å². The zero-order valence-corrected chi connectivity index (χ0v) is 53.4. The Hall–Kier alpha value is -9.24. The van der Waals surface area contributed by atoms with Crippen LogP contribution in [0.15, 0.2) is 45.3 Å². The van der Waals surface area contributed by atoms with Crippen LogP contribution in [0.5, 0.6) is 0 Å². The van der Waals surface area contributed by atoms with Crippen LogP contribution in [0, 0.1) is 5.92 Å².